The number of benzene rings is 2. The summed E-state index contributed by atoms with van der Waals surface area (Å²) < 4.78 is 0. The number of nitrogens with zero attached hydrogens (tertiary/aromatic N) is 1. The standard InChI is InChI=1S/C16H17ClN2O/c1-19(11-12-5-4-7-14(18)9-12)16(20)10-13-6-2-3-8-15(13)17/h2-9H,10-11,18H2,1H3. The van der Waals surface area contributed by atoms with Crippen LogP contribution in [0.3, 0.4) is 0 Å². The summed E-state index contributed by atoms with van der Waals surface area (Å²) in [6.07, 6.45) is 0.304. The van der Waals surface area contributed by atoms with E-state index in [1.54, 1.807) is 18.0 Å². The first-order valence-electron chi connectivity index (χ1n) is 6.38. The molecule has 2 aromatic rings. The third-order valence-corrected chi connectivity index (χ3v) is 3.46. The molecule has 0 fully saturated rings. The van der Waals surface area contributed by atoms with Gasteiger partial charge in [0.15, 0.2) is 0 Å². The van der Waals surface area contributed by atoms with Crippen LogP contribution in [0, 0.1) is 0 Å². The van der Waals surface area contributed by atoms with E-state index in [4.69, 9.17) is 17.3 Å². The molecule has 0 aliphatic heterocycles. The molecular weight excluding hydrogens is 272 g/mol. The number of amides is 1. The van der Waals surface area contributed by atoms with E-state index in [1.165, 1.54) is 0 Å². The summed E-state index contributed by atoms with van der Waals surface area (Å²) in [4.78, 5) is 13.9. The SMILES string of the molecule is CN(Cc1cccc(N)c1)C(=O)Cc1ccccc1Cl. The molecule has 0 bridgehead atoms. The molecule has 2 rings (SSSR count). The molecule has 3 nitrogen and oxygen atoms in total. The van der Waals surface area contributed by atoms with E-state index in [2.05, 4.69) is 0 Å². The van der Waals surface area contributed by atoms with Crippen molar-refractivity contribution in [3.63, 3.8) is 0 Å². The fourth-order valence-corrected chi connectivity index (χ4v) is 2.20. The first kappa shape index (κ1) is 14.4. The van der Waals surface area contributed by atoms with Crippen LogP contribution < -0.4 is 5.73 Å². The third kappa shape index (κ3) is 3.75. The monoisotopic (exact) mass is 288 g/mol. The van der Waals surface area contributed by atoms with E-state index >= 15 is 0 Å². The van der Waals surface area contributed by atoms with Gasteiger partial charge in [0.1, 0.15) is 0 Å². The van der Waals surface area contributed by atoms with Crippen LogP contribution in [-0.2, 0) is 17.8 Å². The van der Waals surface area contributed by atoms with Crippen LogP contribution in [0.5, 0.6) is 0 Å². The average Bonchev–Trinajstić information content (AvgIpc) is 2.41. The number of nitrogen functional groups attached to an aromatic ring is 1. The number of hydrogen-bond donors (Lipinski definition) is 1. The van der Waals surface area contributed by atoms with Crippen molar-refractivity contribution in [2.75, 3.05) is 12.8 Å². The van der Waals surface area contributed by atoms with Gasteiger partial charge in [-0.1, -0.05) is 41.9 Å². The molecule has 0 radical (unpaired) electrons. The van der Waals surface area contributed by atoms with Crippen LogP contribution in [0.4, 0.5) is 5.69 Å². The summed E-state index contributed by atoms with van der Waals surface area (Å²) in [5.74, 6) is 0.0283. The largest absolute Gasteiger partial charge is 0.399 e. The quantitative estimate of drug-likeness (QED) is 0.879. The van der Waals surface area contributed by atoms with Crippen molar-refractivity contribution in [1.29, 1.82) is 0 Å². The number of rotatable bonds is 4. The zero-order chi connectivity index (χ0) is 14.5. The molecule has 20 heavy (non-hydrogen) atoms. The molecule has 0 atom stereocenters. The van der Waals surface area contributed by atoms with Gasteiger partial charge in [0.25, 0.3) is 0 Å². The highest BCUT2D eigenvalue weighted by molar-refractivity contribution is 6.31. The lowest BCUT2D eigenvalue weighted by Crippen LogP contribution is -2.27. The molecule has 0 aliphatic carbocycles. The first-order valence-corrected chi connectivity index (χ1v) is 6.76. The average molecular weight is 289 g/mol. The van der Waals surface area contributed by atoms with E-state index < -0.39 is 0 Å². The molecule has 0 aromatic heterocycles. The number of anilines is 1. The van der Waals surface area contributed by atoms with Crippen molar-refractivity contribution in [3.05, 3.63) is 64.7 Å². The van der Waals surface area contributed by atoms with E-state index in [1.807, 2.05) is 42.5 Å². The molecule has 2 N–H and O–H groups in total. The number of hydrogen-bond acceptors (Lipinski definition) is 2. The van der Waals surface area contributed by atoms with E-state index in [0.29, 0.717) is 23.7 Å². The maximum atomic E-state index is 12.2. The Bertz CT molecular complexity index is 613. The molecule has 0 unspecified atom stereocenters. The molecular formula is C16H17ClN2O. The summed E-state index contributed by atoms with van der Waals surface area (Å²) in [6, 6.07) is 14.9. The van der Waals surface area contributed by atoms with E-state index in [9.17, 15) is 4.79 Å². The normalized spacial score (nSPS) is 10.3. The van der Waals surface area contributed by atoms with Crippen molar-refractivity contribution in [1.82, 2.24) is 4.90 Å². The molecule has 0 aliphatic rings. The number of halogens is 1. The Hall–Kier alpha value is -2.00. The second-order valence-corrected chi connectivity index (χ2v) is 5.17. The molecule has 0 spiro atoms. The van der Waals surface area contributed by atoms with E-state index in [-0.39, 0.29) is 5.91 Å². The van der Waals surface area contributed by atoms with Gasteiger partial charge >= 0.3 is 0 Å². The molecule has 2 aromatic carbocycles. The Morgan fingerprint density at radius 3 is 2.65 bits per heavy atom. The Labute approximate surface area is 124 Å². The fourth-order valence-electron chi connectivity index (χ4n) is 1.99. The van der Waals surface area contributed by atoms with Gasteiger partial charge < -0.3 is 10.6 Å². The van der Waals surface area contributed by atoms with Gasteiger partial charge in [0.05, 0.1) is 6.42 Å². The molecule has 0 saturated carbocycles. The van der Waals surface area contributed by atoms with Crippen LogP contribution in [0.2, 0.25) is 5.02 Å². The lowest BCUT2D eigenvalue weighted by atomic mass is 10.1. The van der Waals surface area contributed by atoms with Crippen molar-refractivity contribution >= 4 is 23.2 Å². The Morgan fingerprint density at radius 1 is 1.20 bits per heavy atom. The lowest BCUT2D eigenvalue weighted by Gasteiger charge is -2.18. The minimum atomic E-state index is 0.0283. The van der Waals surface area contributed by atoms with Gasteiger partial charge in [-0.3, -0.25) is 4.79 Å². The highest BCUT2D eigenvalue weighted by atomic mass is 35.5. The predicted octanol–water partition coefficient (Wildman–Crippen LogP) is 3.12. The maximum absolute atomic E-state index is 12.2. The predicted molar refractivity (Wildman–Crippen MR) is 82.5 cm³/mol. The topological polar surface area (TPSA) is 46.3 Å². The number of carbonyl (C=O) groups is 1. The zero-order valence-electron chi connectivity index (χ0n) is 11.3. The zero-order valence-corrected chi connectivity index (χ0v) is 12.1. The maximum Gasteiger partial charge on any atom is 0.227 e. The summed E-state index contributed by atoms with van der Waals surface area (Å²) in [7, 11) is 1.78. The fraction of sp³-hybridized carbons (Fsp3) is 0.188. The van der Waals surface area contributed by atoms with Crippen molar-refractivity contribution in [3.8, 4) is 0 Å². The summed E-state index contributed by atoms with van der Waals surface area (Å²) in [5, 5.41) is 0.623. The number of likely N-dealkylation sites (N-methyl/N-ethyl adjacent to an activating group) is 1. The first-order chi connectivity index (χ1) is 9.56. The van der Waals surface area contributed by atoms with Crippen LogP contribution in [0.25, 0.3) is 0 Å². The molecule has 0 saturated heterocycles. The minimum absolute atomic E-state index is 0.0283. The van der Waals surface area contributed by atoms with Crippen molar-refractivity contribution in [2.45, 2.75) is 13.0 Å². The van der Waals surface area contributed by atoms with Crippen molar-refractivity contribution in [2.24, 2.45) is 0 Å². The molecule has 1 amide bonds. The third-order valence-electron chi connectivity index (χ3n) is 3.10. The second-order valence-electron chi connectivity index (χ2n) is 4.76. The lowest BCUT2D eigenvalue weighted by molar-refractivity contribution is -0.129. The van der Waals surface area contributed by atoms with Gasteiger partial charge in [-0.05, 0) is 29.3 Å². The summed E-state index contributed by atoms with van der Waals surface area (Å²) in [6.45, 7) is 0.536. The summed E-state index contributed by atoms with van der Waals surface area (Å²) in [5.41, 5.74) is 8.30. The van der Waals surface area contributed by atoms with Crippen LogP contribution in [-0.4, -0.2) is 17.9 Å². The highest BCUT2D eigenvalue weighted by Crippen LogP contribution is 2.16. The van der Waals surface area contributed by atoms with Gasteiger partial charge in [0.2, 0.25) is 5.91 Å². The molecule has 4 heteroatoms. The second kappa shape index (κ2) is 6.44. The highest BCUT2D eigenvalue weighted by Gasteiger charge is 2.12. The van der Waals surface area contributed by atoms with Crippen LogP contribution in [0.15, 0.2) is 48.5 Å². The van der Waals surface area contributed by atoms with Gasteiger partial charge in [-0.25, -0.2) is 0 Å². The Kier molecular flexibility index (Phi) is 4.64. The summed E-state index contributed by atoms with van der Waals surface area (Å²) >= 11 is 6.07. The van der Waals surface area contributed by atoms with Crippen LogP contribution in [0.1, 0.15) is 11.1 Å². The van der Waals surface area contributed by atoms with Gasteiger partial charge in [0, 0.05) is 24.3 Å². The van der Waals surface area contributed by atoms with Gasteiger partial charge in [-0.2, -0.15) is 0 Å². The smallest absolute Gasteiger partial charge is 0.227 e. The number of nitrogens with two attached hydrogens (primary N) is 1. The van der Waals surface area contributed by atoms with Crippen molar-refractivity contribution < 1.29 is 4.79 Å². The Morgan fingerprint density at radius 2 is 1.95 bits per heavy atom. The minimum Gasteiger partial charge on any atom is -0.399 e. The Balaban J connectivity index is 2.01. The van der Waals surface area contributed by atoms with Gasteiger partial charge in [-0.15, -0.1) is 0 Å². The molecule has 104 valence electrons. The van der Waals surface area contributed by atoms with E-state index in [0.717, 1.165) is 11.1 Å². The number of carbonyl (C=O) groups excluding carboxylic acids is 1. The molecule has 0 heterocycles. The van der Waals surface area contributed by atoms with Crippen LogP contribution >= 0.6 is 11.6 Å².